The summed E-state index contributed by atoms with van der Waals surface area (Å²) >= 11 is 5.93. The fourth-order valence-corrected chi connectivity index (χ4v) is 2.14. The summed E-state index contributed by atoms with van der Waals surface area (Å²) < 4.78 is 10.6. The molecule has 2 rings (SSSR count). The van der Waals surface area contributed by atoms with E-state index in [9.17, 15) is 4.79 Å². The molecule has 0 amide bonds. The average molecular weight is 319 g/mol. The Morgan fingerprint density at radius 2 is 1.77 bits per heavy atom. The monoisotopic (exact) mass is 318 g/mol. The van der Waals surface area contributed by atoms with Crippen LogP contribution in [-0.2, 0) is 11.2 Å². The minimum absolute atomic E-state index is 0.130. The van der Waals surface area contributed by atoms with E-state index < -0.39 is 5.97 Å². The first-order chi connectivity index (χ1) is 10.6. The van der Waals surface area contributed by atoms with E-state index in [2.05, 4.69) is 6.92 Å². The molecule has 0 spiro atoms. The van der Waals surface area contributed by atoms with Gasteiger partial charge in [-0.25, -0.2) is 4.79 Å². The predicted octanol–water partition coefficient (Wildman–Crippen LogP) is 4.59. The summed E-state index contributed by atoms with van der Waals surface area (Å²) in [5.74, 6) is 0.678. The predicted molar refractivity (Wildman–Crippen MR) is 87.8 cm³/mol. The number of carbonyl (C=O) groups is 1. The third-order valence-corrected chi connectivity index (χ3v) is 3.60. The van der Waals surface area contributed by atoms with Crippen LogP contribution in [0.25, 0.3) is 0 Å². The van der Waals surface area contributed by atoms with Crippen molar-refractivity contribution in [2.45, 2.75) is 26.7 Å². The van der Waals surface area contributed by atoms with Gasteiger partial charge in [-0.15, -0.1) is 0 Å². The Morgan fingerprint density at radius 1 is 1.09 bits per heavy atom. The smallest absolute Gasteiger partial charge is 0.349 e. The highest BCUT2D eigenvalue weighted by molar-refractivity contribution is 6.31. The van der Waals surface area contributed by atoms with Gasteiger partial charge >= 0.3 is 5.97 Å². The number of halogens is 1. The second-order valence-corrected chi connectivity index (χ2v) is 5.47. The number of aryl methyl sites for hydroxylation is 2. The van der Waals surface area contributed by atoms with Crippen molar-refractivity contribution in [3.63, 3.8) is 0 Å². The molecule has 4 heteroatoms. The van der Waals surface area contributed by atoms with Crippen molar-refractivity contribution in [3.8, 4) is 11.5 Å². The first-order valence-electron chi connectivity index (χ1n) is 7.27. The van der Waals surface area contributed by atoms with Crippen molar-refractivity contribution in [2.24, 2.45) is 0 Å². The summed E-state index contributed by atoms with van der Waals surface area (Å²) in [5.41, 5.74) is 2.12. The molecule has 0 N–H and O–H groups in total. The van der Waals surface area contributed by atoms with Crippen LogP contribution in [-0.4, -0.2) is 12.6 Å². The van der Waals surface area contributed by atoms with Crippen LogP contribution < -0.4 is 9.47 Å². The summed E-state index contributed by atoms with van der Waals surface area (Å²) in [6.45, 7) is 3.86. The molecule has 0 fully saturated rings. The van der Waals surface area contributed by atoms with Gasteiger partial charge in [0, 0.05) is 5.02 Å². The molecule has 0 aliphatic carbocycles. The summed E-state index contributed by atoms with van der Waals surface area (Å²) in [6, 6.07) is 12.8. The number of carbonyl (C=O) groups excluding carboxylic acids is 1. The van der Waals surface area contributed by atoms with E-state index in [0.717, 1.165) is 18.4 Å². The number of hydrogen-bond donors (Lipinski definition) is 0. The molecule has 0 atom stereocenters. The number of benzene rings is 2. The van der Waals surface area contributed by atoms with E-state index in [4.69, 9.17) is 21.1 Å². The van der Waals surface area contributed by atoms with Crippen molar-refractivity contribution in [3.05, 3.63) is 58.6 Å². The maximum Gasteiger partial charge on any atom is 0.349 e. The SMILES string of the molecule is CCCc1ccc(OCC(=O)Oc2ccc(Cl)c(C)c2)cc1. The molecular formula is C18H19ClO3. The zero-order valence-electron chi connectivity index (χ0n) is 12.8. The van der Waals surface area contributed by atoms with Crippen LogP contribution in [0.3, 0.4) is 0 Å². The highest BCUT2D eigenvalue weighted by atomic mass is 35.5. The van der Waals surface area contributed by atoms with Gasteiger partial charge in [-0.3, -0.25) is 0 Å². The van der Waals surface area contributed by atoms with Crippen molar-refractivity contribution in [1.82, 2.24) is 0 Å². The van der Waals surface area contributed by atoms with Crippen LogP contribution in [0.1, 0.15) is 24.5 Å². The lowest BCUT2D eigenvalue weighted by Crippen LogP contribution is -2.17. The van der Waals surface area contributed by atoms with Crippen molar-refractivity contribution >= 4 is 17.6 Å². The van der Waals surface area contributed by atoms with Gasteiger partial charge in [-0.05, 0) is 54.8 Å². The maximum atomic E-state index is 11.8. The molecule has 0 radical (unpaired) electrons. The van der Waals surface area contributed by atoms with Crippen LogP contribution in [0.2, 0.25) is 5.02 Å². The number of hydrogen-bond acceptors (Lipinski definition) is 3. The van der Waals surface area contributed by atoms with E-state index in [-0.39, 0.29) is 6.61 Å². The third-order valence-electron chi connectivity index (χ3n) is 3.18. The van der Waals surface area contributed by atoms with Gasteiger partial charge in [0.2, 0.25) is 0 Å². The van der Waals surface area contributed by atoms with Crippen LogP contribution in [0.5, 0.6) is 11.5 Å². The fourth-order valence-electron chi connectivity index (χ4n) is 2.02. The van der Waals surface area contributed by atoms with Gasteiger partial charge in [0.15, 0.2) is 6.61 Å². The molecular weight excluding hydrogens is 300 g/mol. The third kappa shape index (κ3) is 4.78. The lowest BCUT2D eigenvalue weighted by atomic mass is 10.1. The molecule has 0 saturated heterocycles. The lowest BCUT2D eigenvalue weighted by molar-refractivity contribution is -0.136. The number of ether oxygens (including phenoxy) is 2. The molecule has 22 heavy (non-hydrogen) atoms. The summed E-state index contributed by atoms with van der Waals surface area (Å²) in [7, 11) is 0. The number of rotatable bonds is 6. The zero-order valence-corrected chi connectivity index (χ0v) is 13.5. The highest BCUT2D eigenvalue weighted by Crippen LogP contribution is 2.21. The maximum absolute atomic E-state index is 11.8. The molecule has 0 unspecified atom stereocenters. The first-order valence-corrected chi connectivity index (χ1v) is 7.65. The Morgan fingerprint density at radius 3 is 2.41 bits per heavy atom. The second kappa shape index (κ2) is 7.85. The Kier molecular flexibility index (Phi) is 5.84. The van der Waals surface area contributed by atoms with E-state index in [1.807, 2.05) is 31.2 Å². The Labute approximate surface area is 135 Å². The number of esters is 1. The molecule has 0 aromatic heterocycles. The molecule has 0 bridgehead atoms. The van der Waals surface area contributed by atoms with Crippen molar-refractivity contribution in [1.29, 1.82) is 0 Å². The minimum atomic E-state index is -0.445. The standard InChI is InChI=1S/C18H19ClO3/c1-3-4-14-5-7-15(8-6-14)21-12-18(20)22-16-9-10-17(19)13(2)11-16/h5-11H,3-4,12H2,1-2H3. The molecule has 2 aromatic carbocycles. The van der Waals surface area contributed by atoms with E-state index in [1.54, 1.807) is 18.2 Å². The summed E-state index contributed by atoms with van der Waals surface area (Å²) in [4.78, 5) is 11.8. The van der Waals surface area contributed by atoms with Crippen LogP contribution in [0.15, 0.2) is 42.5 Å². The largest absolute Gasteiger partial charge is 0.482 e. The summed E-state index contributed by atoms with van der Waals surface area (Å²) in [5, 5.41) is 0.642. The van der Waals surface area contributed by atoms with Gasteiger partial charge in [0.25, 0.3) is 0 Å². The van der Waals surface area contributed by atoms with Gasteiger partial charge in [-0.2, -0.15) is 0 Å². The molecule has 2 aromatic rings. The Bertz CT molecular complexity index is 635. The normalized spacial score (nSPS) is 10.3. The minimum Gasteiger partial charge on any atom is -0.482 e. The molecule has 0 heterocycles. The van der Waals surface area contributed by atoms with Gasteiger partial charge in [-0.1, -0.05) is 37.1 Å². The zero-order chi connectivity index (χ0) is 15.9. The first kappa shape index (κ1) is 16.4. The van der Waals surface area contributed by atoms with E-state index >= 15 is 0 Å². The Balaban J connectivity index is 1.85. The van der Waals surface area contributed by atoms with Gasteiger partial charge in [0.1, 0.15) is 11.5 Å². The van der Waals surface area contributed by atoms with Gasteiger partial charge in [0.05, 0.1) is 0 Å². The van der Waals surface area contributed by atoms with Crippen molar-refractivity contribution < 1.29 is 14.3 Å². The van der Waals surface area contributed by atoms with E-state index in [0.29, 0.717) is 16.5 Å². The van der Waals surface area contributed by atoms with Crippen molar-refractivity contribution in [2.75, 3.05) is 6.61 Å². The van der Waals surface area contributed by atoms with Crippen LogP contribution in [0, 0.1) is 6.92 Å². The molecule has 0 saturated carbocycles. The van der Waals surface area contributed by atoms with E-state index in [1.165, 1.54) is 5.56 Å². The molecule has 0 aliphatic rings. The molecule has 3 nitrogen and oxygen atoms in total. The second-order valence-electron chi connectivity index (χ2n) is 5.07. The fraction of sp³-hybridized carbons (Fsp3) is 0.278. The lowest BCUT2D eigenvalue weighted by Gasteiger charge is -2.08. The van der Waals surface area contributed by atoms with Crippen LogP contribution >= 0.6 is 11.6 Å². The molecule has 116 valence electrons. The molecule has 0 aliphatic heterocycles. The highest BCUT2D eigenvalue weighted by Gasteiger charge is 2.07. The van der Waals surface area contributed by atoms with Crippen LogP contribution in [0.4, 0.5) is 0 Å². The van der Waals surface area contributed by atoms with Gasteiger partial charge < -0.3 is 9.47 Å². The summed E-state index contributed by atoms with van der Waals surface area (Å²) in [6.07, 6.45) is 2.14. The Hall–Kier alpha value is -2.00. The topological polar surface area (TPSA) is 35.5 Å². The quantitative estimate of drug-likeness (QED) is 0.577. The average Bonchev–Trinajstić information content (AvgIpc) is 2.51.